The number of nitrogens with zero attached hydrogens (tertiary/aromatic N) is 3. The number of amides is 1. The van der Waals surface area contributed by atoms with Gasteiger partial charge in [0.15, 0.2) is 0 Å². The van der Waals surface area contributed by atoms with E-state index in [0.717, 1.165) is 37.1 Å². The van der Waals surface area contributed by atoms with E-state index in [1.165, 1.54) is 22.2 Å². The SMILES string of the molecule is O=C(Cn1cnc2scc(-c3ccc(Cl)cc3)c2c1=O)N1CCCC1. The van der Waals surface area contributed by atoms with Crippen molar-refractivity contribution in [1.82, 2.24) is 14.5 Å². The molecule has 1 fully saturated rings. The Morgan fingerprint density at radius 3 is 2.64 bits per heavy atom. The first kappa shape index (κ1) is 16.3. The Morgan fingerprint density at radius 1 is 1.20 bits per heavy atom. The van der Waals surface area contributed by atoms with Crippen molar-refractivity contribution in [3.63, 3.8) is 0 Å². The number of halogens is 1. The number of hydrogen-bond donors (Lipinski definition) is 0. The Morgan fingerprint density at radius 2 is 1.92 bits per heavy atom. The Balaban J connectivity index is 1.74. The van der Waals surface area contributed by atoms with Crippen molar-refractivity contribution in [2.24, 2.45) is 0 Å². The fourth-order valence-electron chi connectivity index (χ4n) is 3.13. The Labute approximate surface area is 153 Å². The van der Waals surface area contributed by atoms with Gasteiger partial charge in [-0.1, -0.05) is 23.7 Å². The summed E-state index contributed by atoms with van der Waals surface area (Å²) in [6, 6.07) is 7.37. The molecule has 1 saturated heterocycles. The van der Waals surface area contributed by atoms with Gasteiger partial charge in [-0.05, 0) is 30.5 Å². The van der Waals surface area contributed by atoms with Crippen molar-refractivity contribution in [2.75, 3.05) is 13.1 Å². The fraction of sp³-hybridized carbons (Fsp3) is 0.278. The average Bonchev–Trinajstić information content (AvgIpc) is 3.28. The quantitative estimate of drug-likeness (QED) is 0.707. The minimum atomic E-state index is -0.177. The van der Waals surface area contributed by atoms with Gasteiger partial charge in [-0.2, -0.15) is 0 Å². The average molecular weight is 374 g/mol. The van der Waals surface area contributed by atoms with Crippen molar-refractivity contribution in [2.45, 2.75) is 19.4 Å². The Kier molecular flexibility index (Phi) is 4.31. The van der Waals surface area contributed by atoms with E-state index in [9.17, 15) is 9.59 Å². The first-order valence-electron chi connectivity index (χ1n) is 8.14. The number of benzene rings is 1. The minimum absolute atomic E-state index is 0.0241. The lowest BCUT2D eigenvalue weighted by molar-refractivity contribution is -0.130. The molecule has 3 heterocycles. The number of rotatable bonds is 3. The molecular formula is C18H16ClN3O2S. The molecule has 0 bridgehead atoms. The number of aromatic nitrogens is 2. The summed E-state index contributed by atoms with van der Waals surface area (Å²) in [6.07, 6.45) is 3.53. The van der Waals surface area contributed by atoms with E-state index >= 15 is 0 Å². The van der Waals surface area contributed by atoms with Crippen LogP contribution in [0.4, 0.5) is 0 Å². The van der Waals surface area contributed by atoms with Crippen molar-refractivity contribution >= 4 is 39.1 Å². The van der Waals surface area contributed by atoms with Crippen LogP contribution < -0.4 is 5.56 Å². The van der Waals surface area contributed by atoms with Gasteiger partial charge in [0.2, 0.25) is 5.91 Å². The van der Waals surface area contributed by atoms with Crippen LogP contribution in [0, 0.1) is 0 Å². The summed E-state index contributed by atoms with van der Waals surface area (Å²) in [4.78, 5) is 32.2. The topological polar surface area (TPSA) is 55.2 Å². The molecule has 0 unspecified atom stereocenters. The summed E-state index contributed by atoms with van der Waals surface area (Å²) in [5.41, 5.74) is 1.57. The molecule has 25 heavy (non-hydrogen) atoms. The maximum Gasteiger partial charge on any atom is 0.263 e. The molecule has 2 aromatic heterocycles. The van der Waals surface area contributed by atoms with E-state index in [-0.39, 0.29) is 18.0 Å². The number of carbonyl (C=O) groups excluding carboxylic acids is 1. The zero-order valence-corrected chi connectivity index (χ0v) is 15.0. The first-order chi connectivity index (χ1) is 12.1. The van der Waals surface area contributed by atoms with Gasteiger partial charge < -0.3 is 4.90 Å². The first-order valence-corrected chi connectivity index (χ1v) is 9.39. The Bertz CT molecular complexity index is 988. The molecule has 1 aliphatic rings. The lowest BCUT2D eigenvalue weighted by Gasteiger charge is -2.15. The third-order valence-electron chi connectivity index (χ3n) is 4.48. The second-order valence-corrected chi connectivity index (χ2v) is 7.40. The number of likely N-dealkylation sites (tertiary alicyclic amines) is 1. The second kappa shape index (κ2) is 6.61. The van der Waals surface area contributed by atoms with Crippen LogP contribution in [0.2, 0.25) is 5.02 Å². The van der Waals surface area contributed by atoms with Gasteiger partial charge in [0.1, 0.15) is 11.4 Å². The summed E-state index contributed by atoms with van der Waals surface area (Å²) in [7, 11) is 0. The highest BCUT2D eigenvalue weighted by molar-refractivity contribution is 7.17. The molecule has 1 aromatic carbocycles. The van der Waals surface area contributed by atoms with Crippen LogP contribution in [0.5, 0.6) is 0 Å². The van der Waals surface area contributed by atoms with Gasteiger partial charge in [-0.25, -0.2) is 4.98 Å². The fourth-order valence-corrected chi connectivity index (χ4v) is 4.17. The van der Waals surface area contributed by atoms with Crippen LogP contribution in [0.25, 0.3) is 21.3 Å². The Hall–Kier alpha value is -2.18. The molecule has 0 atom stereocenters. The van der Waals surface area contributed by atoms with Gasteiger partial charge >= 0.3 is 0 Å². The lowest BCUT2D eigenvalue weighted by atomic mass is 10.1. The third kappa shape index (κ3) is 3.07. The van der Waals surface area contributed by atoms with Gasteiger partial charge in [0.05, 0.1) is 11.7 Å². The highest BCUT2D eigenvalue weighted by Gasteiger charge is 2.20. The van der Waals surface area contributed by atoms with Crippen molar-refractivity contribution in [3.05, 3.63) is 51.3 Å². The number of carbonyl (C=O) groups is 1. The molecule has 7 heteroatoms. The summed E-state index contributed by atoms with van der Waals surface area (Å²) in [5, 5.41) is 3.13. The van der Waals surface area contributed by atoms with Crippen LogP contribution in [0.3, 0.4) is 0 Å². The second-order valence-electron chi connectivity index (χ2n) is 6.10. The molecule has 1 amide bonds. The highest BCUT2D eigenvalue weighted by Crippen LogP contribution is 2.31. The molecule has 4 rings (SSSR count). The van der Waals surface area contributed by atoms with E-state index in [0.29, 0.717) is 15.2 Å². The maximum atomic E-state index is 12.9. The van der Waals surface area contributed by atoms with Crippen LogP contribution in [0.15, 0.2) is 40.8 Å². The molecule has 0 saturated carbocycles. The third-order valence-corrected chi connectivity index (χ3v) is 5.62. The molecule has 0 aliphatic carbocycles. The molecule has 0 spiro atoms. The molecule has 5 nitrogen and oxygen atoms in total. The number of thiophene rings is 1. The monoisotopic (exact) mass is 373 g/mol. The predicted molar refractivity (Wildman–Crippen MR) is 100 cm³/mol. The van der Waals surface area contributed by atoms with E-state index in [4.69, 9.17) is 11.6 Å². The summed E-state index contributed by atoms with van der Waals surface area (Å²) in [5.74, 6) is -0.0241. The van der Waals surface area contributed by atoms with Crippen LogP contribution in [0.1, 0.15) is 12.8 Å². The van der Waals surface area contributed by atoms with Gasteiger partial charge in [-0.15, -0.1) is 11.3 Å². The molecular weight excluding hydrogens is 358 g/mol. The lowest BCUT2D eigenvalue weighted by Crippen LogP contribution is -2.34. The van der Waals surface area contributed by atoms with Crippen molar-refractivity contribution in [1.29, 1.82) is 0 Å². The van der Waals surface area contributed by atoms with Crippen LogP contribution in [-0.4, -0.2) is 33.4 Å². The van der Waals surface area contributed by atoms with Crippen LogP contribution >= 0.6 is 22.9 Å². The van der Waals surface area contributed by atoms with E-state index in [2.05, 4.69) is 4.98 Å². The normalized spacial score (nSPS) is 14.4. The number of fused-ring (bicyclic) bond motifs is 1. The molecule has 0 radical (unpaired) electrons. The van der Waals surface area contributed by atoms with E-state index in [1.807, 2.05) is 22.4 Å². The zero-order chi connectivity index (χ0) is 17.4. The van der Waals surface area contributed by atoms with Crippen molar-refractivity contribution in [3.8, 4) is 11.1 Å². The predicted octanol–water partition coefficient (Wildman–Crippen LogP) is 3.40. The van der Waals surface area contributed by atoms with Gasteiger partial charge in [0, 0.05) is 29.1 Å². The zero-order valence-electron chi connectivity index (χ0n) is 13.4. The highest BCUT2D eigenvalue weighted by atomic mass is 35.5. The smallest absolute Gasteiger partial charge is 0.263 e. The van der Waals surface area contributed by atoms with E-state index < -0.39 is 0 Å². The largest absolute Gasteiger partial charge is 0.341 e. The summed E-state index contributed by atoms with van der Waals surface area (Å²) >= 11 is 7.38. The molecule has 0 N–H and O–H groups in total. The molecule has 3 aromatic rings. The minimum Gasteiger partial charge on any atom is -0.341 e. The maximum absolute atomic E-state index is 12.9. The summed E-state index contributed by atoms with van der Waals surface area (Å²) in [6.45, 7) is 1.59. The molecule has 1 aliphatic heterocycles. The standard InChI is InChI=1S/C18H16ClN3O2S/c19-13-5-3-12(4-6-13)14-10-25-17-16(14)18(24)22(11-20-17)9-15(23)21-7-1-2-8-21/h3-6,10-11H,1-2,7-9H2. The van der Waals surface area contributed by atoms with Crippen LogP contribution in [-0.2, 0) is 11.3 Å². The van der Waals surface area contributed by atoms with Crippen molar-refractivity contribution < 1.29 is 4.79 Å². The van der Waals surface area contributed by atoms with E-state index in [1.54, 1.807) is 12.1 Å². The summed E-state index contributed by atoms with van der Waals surface area (Å²) < 4.78 is 1.41. The van der Waals surface area contributed by atoms with Gasteiger partial charge in [0.25, 0.3) is 5.56 Å². The van der Waals surface area contributed by atoms with Gasteiger partial charge in [-0.3, -0.25) is 14.2 Å². The molecule has 128 valence electrons. The number of hydrogen-bond acceptors (Lipinski definition) is 4.